The maximum Gasteiger partial charge on any atom is 0.337 e. The van der Waals surface area contributed by atoms with E-state index in [1.165, 1.54) is 6.08 Å². The fraction of sp³-hybridized carbons (Fsp3) is 0.304. The second-order valence-electron chi connectivity index (χ2n) is 6.91. The molecular weight excluding hydrogens is 441 g/mol. The van der Waals surface area contributed by atoms with Crippen LogP contribution in [0.3, 0.4) is 0 Å². The van der Waals surface area contributed by atoms with Gasteiger partial charge in [0.05, 0.1) is 12.6 Å². The summed E-state index contributed by atoms with van der Waals surface area (Å²) in [4.78, 5) is 23.9. The molecule has 31 heavy (non-hydrogen) atoms. The number of carbonyl (C=O) groups is 2. The molecule has 0 aliphatic heterocycles. The monoisotopic (exact) mass is 465 g/mol. The number of hydrogen-bond acceptors (Lipinski definition) is 5. The molecule has 0 fully saturated rings. The fourth-order valence-electron chi connectivity index (χ4n) is 3.05. The van der Waals surface area contributed by atoms with Crippen LogP contribution in [0, 0.1) is 0 Å². The minimum absolute atomic E-state index is 0.0349. The lowest BCUT2D eigenvalue weighted by atomic mass is 9.95. The van der Waals surface area contributed by atoms with E-state index in [0.717, 1.165) is 16.7 Å². The first-order chi connectivity index (χ1) is 14.7. The van der Waals surface area contributed by atoms with E-state index in [2.05, 4.69) is 11.9 Å². The van der Waals surface area contributed by atoms with Gasteiger partial charge < -0.3 is 20.3 Å². The first-order valence-electron chi connectivity index (χ1n) is 9.73. The van der Waals surface area contributed by atoms with Gasteiger partial charge in [-0.25, -0.2) is 4.79 Å². The summed E-state index contributed by atoms with van der Waals surface area (Å²) in [5.74, 6) is -1.34. The van der Waals surface area contributed by atoms with E-state index in [1.54, 1.807) is 25.1 Å². The molecule has 0 bridgehead atoms. The zero-order chi connectivity index (χ0) is 23.0. The number of hydrogen-bond donors (Lipinski definition) is 3. The largest absolute Gasteiger partial charge is 0.464 e. The molecular formula is C23H25Cl2NO5. The van der Waals surface area contributed by atoms with Gasteiger partial charge in [0.25, 0.3) is 0 Å². The maximum atomic E-state index is 12.1. The van der Waals surface area contributed by atoms with Gasteiger partial charge in [0.15, 0.2) is 6.10 Å². The number of esters is 1. The molecule has 0 aliphatic carbocycles. The lowest BCUT2D eigenvalue weighted by Gasteiger charge is -2.27. The van der Waals surface area contributed by atoms with E-state index in [0.29, 0.717) is 10.0 Å². The van der Waals surface area contributed by atoms with Crippen molar-refractivity contribution < 1.29 is 24.5 Å². The van der Waals surface area contributed by atoms with E-state index in [9.17, 15) is 19.8 Å². The quantitative estimate of drug-likeness (QED) is 0.368. The van der Waals surface area contributed by atoms with Crippen molar-refractivity contribution in [1.29, 1.82) is 0 Å². The number of nitrogens with one attached hydrogen (secondary N) is 1. The van der Waals surface area contributed by atoms with Gasteiger partial charge in [-0.2, -0.15) is 0 Å². The van der Waals surface area contributed by atoms with Crippen molar-refractivity contribution in [3.8, 4) is 11.1 Å². The first kappa shape index (κ1) is 24.9. The van der Waals surface area contributed by atoms with Gasteiger partial charge in [0, 0.05) is 16.5 Å². The Morgan fingerprint density at radius 3 is 2.26 bits per heavy atom. The Bertz CT molecular complexity index is 896. The van der Waals surface area contributed by atoms with Crippen LogP contribution in [-0.4, -0.2) is 46.9 Å². The van der Waals surface area contributed by atoms with E-state index in [-0.39, 0.29) is 25.4 Å². The molecule has 3 atom stereocenters. The van der Waals surface area contributed by atoms with Crippen molar-refractivity contribution in [2.75, 3.05) is 6.61 Å². The summed E-state index contributed by atoms with van der Waals surface area (Å²) < 4.78 is 4.76. The number of carbonyl (C=O) groups excluding carboxylic acids is 2. The molecule has 0 spiro atoms. The summed E-state index contributed by atoms with van der Waals surface area (Å²) in [5.41, 5.74) is 2.50. The molecule has 0 unspecified atom stereocenters. The third kappa shape index (κ3) is 7.36. The molecule has 1 amide bonds. The predicted octanol–water partition coefficient (Wildman–Crippen LogP) is 3.55. The van der Waals surface area contributed by atoms with Crippen molar-refractivity contribution in [2.45, 2.75) is 38.0 Å². The van der Waals surface area contributed by atoms with Gasteiger partial charge >= 0.3 is 5.97 Å². The van der Waals surface area contributed by atoms with Crippen LogP contribution < -0.4 is 5.32 Å². The van der Waals surface area contributed by atoms with Gasteiger partial charge in [0.2, 0.25) is 5.91 Å². The van der Waals surface area contributed by atoms with Crippen LogP contribution in [-0.2, 0) is 20.7 Å². The Balaban J connectivity index is 2.21. The van der Waals surface area contributed by atoms with Crippen LogP contribution in [0.15, 0.2) is 55.1 Å². The standard InChI is InChI=1S/C23H25Cl2NO5/c1-3-5-20(27)26-19(21(28)22(29)23(30)31-4-2)10-14-6-8-15(9-7-14)16-11-17(24)13-18(25)12-16/h3,6-9,11-13,19,21-22,28-29H,1,4-5,10H2,2H3,(H,26,27)/t19-,21+,22-/m1/s1. The highest BCUT2D eigenvalue weighted by Crippen LogP contribution is 2.27. The van der Waals surface area contributed by atoms with Crippen LogP contribution in [0.1, 0.15) is 18.9 Å². The van der Waals surface area contributed by atoms with Crippen LogP contribution in [0.5, 0.6) is 0 Å². The Morgan fingerprint density at radius 1 is 1.10 bits per heavy atom. The SMILES string of the molecule is C=CCC(=O)N[C@H](Cc1ccc(-c2cc(Cl)cc(Cl)c2)cc1)[C@H](O)[C@@H](O)C(=O)OCC. The van der Waals surface area contributed by atoms with Crippen LogP contribution in [0.4, 0.5) is 0 Å². The predicted molar refractivity (Wildman–Crippen MR) is 121 cm³/mol. The normalized spacial score (nSPS) is 13.7. The Hall–Kier alpha value is -2.38. The Morgan fingerprint density at radius 2 is 1.71 bits per heavy atom. The third-order valence-electron chi connectivity index (χ3n) is 4.55. The van der Waals surface area contributed by atoms with E-state index >= 15 is 0 Å². The second-order valence-corrected chi connectivity index (χ2v) is 7.79. The van der Waals surface area contributed by atoms with Gasteiger partial charge in [-0.05, 0) is 48.2 Å². The van der Waals surface area contributed by atoms with E-state index in [1.807, 2.05) is 24.3 Å². The number of rotatable bonds is 10. The summed E-state index contributed by atoms with van der Waals surface area (Å²) >= 11 is 12.1. The number of ether oxygens (including phenoxy) is 1. The highest BCUT2D eigenvalue weighted by Gasteiger charge is 2.33. The highest BCUT2D eigenvalue weighted by atomic mass is 35.5. The highest BCUT2D eigenvalue weighted by molar-refractivity contribution is 6.35. The molecule has 8 heteroatoms. The summed E-state index contributed by atoms with van der Waals surface area (Å²) in [6.07, 6.45) is -1.71. The summed E-state index contributed by atoms with van der Waals surface area (Å²) in [7, 11) is 0. The van der Waals surface area contributed by atoms with E-state index < -0.39 is 24.2 Å². The van der Waals surface area contributed by atoms with Crippen molar-refractivity contribution >= 4 is 35.1 Å². The summed E-state index contributed by atoms with van der Waals surface area (Å²) in [6.45, 7) is 5.16. The molecule has 166 valence electrons. The van der Waals surface area contributed by atoms with Crippen molar-refractivity contribution in [3.63, 3.8) is 0 Å². The average molecular weight is 466 g/mol. The molecule has 0 aromatic heterocycles. The van der Waals surface area contributed by atoms with Crippen molar-refractivity contribution in [2.24, 2.45) is 0 Å². The lowest BCUT2D eigenvalue weighted by molar-refractivity contribution is -0.160. The molecule has 2 aromatic carbocycles. The molecule has 2 rings (SSSR count). The molecule has 0 saturated carbocycles. The fourth-order valence-corrected chi connectivity index (χ4v) is 3.57. The number of halogens is 2. The zero-order valence-electron chi connectivity index (χ0n) is 17.1. The topological polar surface area (TPSA) is 95.9 Å². The van der Waals surface area contributed by atoms with E-state index in [4.69, 9.17) is 27.9 Å². The first-order valence-corrected chi connectivity index (χ1v) is 10.5. The van der Waals surface area contributed by atoms with Gasteiger partial charge in [-0.3, -0.25) is 4.79 Å². The second kappa shape index (κ2) is 11.9. The molecule has 6 nitrogen and oxygen atoms in total. The third-order valence-corrected chi connectivity index (χ3v) is 4.98. The van der Waals surface area contributed by atoms with Crippen LogP contribution in [0.25, 0.3) is 11.1 Å². The molecule has 0 aliphatic rings. The van der Waals surface area contributed by atoms with Crippen molar-refractivity contribution in [1.82, 2.24) is 5.32 Å². The van der Waals surface area contributed by atoms with Gasteiger partial charge in [-0.1, -0.05) is 53.5 Å². The summed E-state index contributed by atoms with van der Waals surface area (Å²) in [5, 5.41) is 24.3. The Labute approximate surface area is 191 Å². The molecule has 0 heterocycles. The smallest absolute Gasteiger partial charge is 0.337 e. The number of aliphatic hydroxyl groups is 2. The molecule has 0 radical (unpaired) electrons. The van der Waals surface area contributed by atoms with Gasteiger partial charge in [-0.15, -0.1) is 6.58 Å². The minimum Gasteiger partial charge on any atom is -0.464 e. The van der Waals surface area contributed by atoms with Crippen LogP contribution in [0.2, 0.25) is 10.0 Å². The minimum atomic E-state index is -1.79. The number of benzene rings is 2. The average Bonchev–Trinajstić information content (AvgIpc) is 2.72. The van der Waals surface area contributed by atoms with Gasteiger partial charge in [0.1, 0.15) is 6.10 Å². The zero-order valence-corrected chi connectivity index (χ0v) is 18.6. The van der Waals surface area contributed by atoms with Crippen molar-refractivity contribution in [3.05, 3.63) is 70.7 Å². The summed E-state index contributed by atoms with van der Waals surface area (Å²) in [6, 6.07) is 11.7. The molecule has 3 N–H and O–H groups in total. The number of amides is 1. The number of aliphatic hydroxyl groups excluding tert-OH is 2. The lowest BCUT2D eigenvalue weighted by Crippen LogP contribution is -2.52. The molecule has 2 aromatic rings. The Kier molecular flexibility index (Phi) is 9.52. The molecule has 0 saturated heterocycles. The maximum absolute atomic E-state index is 12.1. The van der Waals surface area contributed by atoms with Crippen LogP contribution >= 0.6 is 23.2 Å².